The highest BCUT2D eigenvalue weighted by Gasteiger charge is 2.33. The molecule has 4 atom stereocenters. The summed E-state index contributed by atoms with van der Waals surface area (Å²) >= 11 is 0. The molecule has 4 unspecified atom stereocenters. The number of hydrogen-bond acceptors (Lipinski definition) is 3. The SMILES string of the molecule is CCC(C)C1NCN(CCC(C)S(C)=O)C1=O. The highest BCUT2D eigenvalue weighted by Crippen LogP contribution is 2.16. The van der Waals surface area contributed by atoms with Crippen molar-refractivity contribution in [3.63, 3.8) is 0 Å². The fraction of sp³-hybridized carbons (Fsp3) is 0.917. The van der Waals surface area contributed by atoms with E-state index in [9.17, 15) is 9.00 Å². The van der Waals surface area contributed by atoms with Crippen molar-refractivity contribution in [1.29, 1.82) is 0 Å². The molecular weight excluding hydrogens is 236 g/mol. The number of hydrogen-bond donors (Lipinski definition) is 1. The number of nitrogens with one attached hydrogen (secondary N) is 1. The van der Waals surface area contributed by atoms with Gasteiger partial charge in [-0.25, -0.2) is 0 Å². The normalized spacial score (nSPS) is 26.0. The second kappa shape index (κ2) is 6.50. The first-order chi connectivity index (χ1) is 7.97. The fourth-order valence-corrected chi connectivity index (χ4v) is 2.38. The van der Waals surface area contributed by atoms with E-state index >= 15 is 0 Å². The molecule has 0 aromatic carbocycles. The Kier molecular flexibility index (Phi) is 5.59. The van der Waals surface area contributed by atoms with Crippen LogP contribution in [0.15, 0.2) is 0 Å². The van der Waals surface area contributed by atoms with Gasteiger partial charge in [0.25, 0.3) is 0 Å². The number of rotatable bonds is 6. The van der Waals surface area contributed by atoms with E-state index in [1.54, 1.807) is 6.26 Å². The monoisotopic (exact) mass is 260 g/mol. The zero-order valence-electron chi connectivity index (χ0n) is 11.2. The lowest BCUT2D eigenvalue weighted by atomic mass is 9.99. The molecule has 1 heterocycles. The first-order valence-corrected chi connectivity index (χ1v) is 7.93. The predicted octanol–water partition coefficient (Wildman–Crippen LogP) is 0.948. The molecule has 0 bridgehead atoms. The molecule has 0 spiro atoms. The summed E-state index contributed by atoms with van der Waals surface area (Å²) in [6.45, 7) is 7.51. The van der Waals surface area contributed by atoms with Crippen LogP contribution in [0.1, 0.15) is 33.6 Å². The van der Waals surface area contributed by atoms with Crippen molar-refractivity contribution in [1.82, 2.24) is 10.2 Å². The Bertz CT molecular complexity index is 296. The molecule has 17 heavy (non-hydrogen) atoms. The second-order valence-electron chi connectivity index (χ2n) is 4.93. The van der Waals surface area contributed by atoms with Gasteiger partial charge in [0.1, 0.15) is 0 Å². The summed E-state index contributed by atoms with van der Waals surface area (Å²) in [5.74, 6) is 0.582. The van der Waals surface area contributed by atoms with Gasteiger partial charge in [-0.3, -0.25) is 14.3 Å². The van der Waals surface area contributed by atoms with Gasteiger partial charge in [-0.15, -0.1) is 0 Å². The van der Waals surface area contributed by atoms with Crippen molar-refractivity contribution >= 4 is 16.7 Å². The zero-order chi connectivity index (χ0) is 13.0. The molecule has 1 aliphatic rings. The number of carbonyl (C=O) groups is 1. The number of amides is 1. The van der Waals surface area contributed by atoms with Gasteiger partial charge in [0.15, 0.2) is 0 Å². The Morgan fingerprint density at radius 2 is 2.18 bits per heavy atom. The molecule has 1 N–H and O–H groups in total. The van der Waals surface area contributed by atoms with Crippen molar-refractivity contribution in [2.75, 3.05) is 19.5 Å². The van der Waals surface area contributed by atoms with Gasteiger partial charge in [0, 0.05) is 28.9 Å². The number of carbonyl (C=O) groups excluding carboxylic acids is 1. The largest absolute Gasteiger partial charge is 0.329 e. The summed E-state index contributed by atoms with van der Waals surface area (Å²) in [5.41, 5.74) is 0. The minimum Gasteiger partial charge on any atom is -0.329 e. The summed E-state index contributed by atoms with van der Waals surface area (Å²) in [6.07, 6.45) is 3.53. The first-order valence-electron chi connectivity index (χ1n) is 6.31. The van der Waals surface area contributed by atoms with Crippen LogP contribution in [0.2, 0.25) is 0 Å². The molecule has 0 aromatic heterocycles. The average molecular weight is 260 g/mol. The molecule has 0 radical (unpaired) electrons. The third-order valence-corrected chi connectivity index (χ3v) is 5.03. The summed E-state index contributed by atoms with van der Waals surface area (Å²) < 4.78 is 11.2. The summed E-state index contributed by atoms with van der Waals surface area (Å²) in [5, 5.41) is 3.42. The lowest BCUT2D eigenvalue weighted by Gasteiger charge is -2.19. The molecule has 1 saturated heterocycles. The fourth-order valence-electron chi connectivity index (χ4n) is 1.94. The lowest BCUT2D eigenvalue weighted by molar-refractivity contribution is -0.129. The molecule has 100 valence electrons. The van der Waals surface area contributed by atoms with Crippen LogP contribution in [0.4, 0.5) is 0 Å². The molecule has 5 heteroatoms. The van der Waals surface area contributed by atoms with Gasteiger partial charge in [0.05, 0.1) is 12.7 Å². The van der Waals surface area contributed by atoms with Crippen LogP contribution in [0.25, 0.3) is 0 Å². The van der Waals surface area contributed by atoms with Crippen molar-refractivity contribution in [3.05, 3.63) is 0 Å². The van der Waals surface area contributed by atoms with Crippen molar-refractivity contribution in [2.24, 2.45) is 5.92 Å². The molecular formula is C12H24N2O2S. The van der Waals surface area contributed by atoms with Crippen LogP contribution in [-0.2, 0) is 15.6 Å². The van der Waals surface area contributed by atoms with Crippen LogP contribution >= 0.6 is 0 Å². The Morgan fingerprint density at radius 1 is 1.53 bits per heavy atom. The predicted molar refractivity (Wildman–Crippen MR) is 71.1 cm³/mol. The molecule has 1 fully saturated rings. The third kappa shape index (κ3) is 3.78. The van der Waals surface area contributed by atoms with E-state index in [1.807, 2.05) is 11.8 Å². The van der Waals surface area contributed by atoms with E-state index in [4.69, 9.17) is 0 Å². The Morgan fingerprint density at radius 3 is 2.71 bits per heavy atom. The molecule has 1 amide bonds. The van der Waals surface area contributed by atoms with Gasteiger partial charge in [0.2, 0.25) is 5.91 Å². The Labute approximate surface area is 107 Å². The maximum absolute atomic E-state index is 12.1. The molecule has 4 nitrogen and oxygen atoms in total. The van der Waals surface area contributed by atoms with Crippen LogP contribution < -0.4 is 5.32 Å². The van der Waals surface area contributed by atoms with Crippen molar-refractivity contribution < 1.29 is 9.00 Å². The second-order valence-corrected chi connectivity index (χ2v) is 6.73. The summed E-state index contributed by atoms with van der Waals surface area (Å²) in [4.78, 5) is 13.9. The van der Waals surface area contributed by atoms with Gasteiger partial charge < -0.3 is 4.90 Å². The average Bonchev–Trinajstić information content (AvgIpc) is 2.66. The molecule has 1 aliphatic heterocycles. The highest BCUT2D eigenvalue weighted by molar-refractivity contribution is 7.84. The van der Waals surface area contributed by atoms with Crippen LogP contribution in [0, 0.1) is 5.92 Å². The molecule has 1 rings (SSSR count). The standard InChI is InChI=1S/C12H24N2O2S/c1-5-9(2)11-12(15)14(8-13-11)7-6-10(3)17(4)16/h9-11,13H,5-8H2,1-4H3. The lowest BCUT2D eigenvalue weighted by Crippen LogP contribution is -2.36. The van der Waals surface area contributed by atoms with Gasteiger partial charge in [-0.05, 0) is 12.3 Å². The topological polar surface area (TPSA) is 49.4 Å². The Balaban J connectivity index is 2.43. The van der Waals surface area contributed by atoms with Crippen LogP contribution in [0.3, 0.4) is 0 Å². The maximum atomic E-state index is 12.1. The molecule has 0 aliphatic carbocycles. The van der Waals surface area contributed by atoms with E-state index in [2.05, 4.69) is 19.2 Å². The van der Waals surface area contributed by atoms with Gasteiger partial charge in [-0.2, -0.15) is 0 Å². The summed E-state index contributed by atoms with van der Waals surface area (Å²) in [7, 11) is -0.799. The van der Waals surface area contributed by atoms with E-state index in [0.717, 1.165) is 12.8 Å². The van der Waals surface area contributed by atoms with Crippen LogP contribution in [0.5, 0.6) is 0 Å². The van der Waals surface area contributed by atoms with Crippen molar-refractivity contribution in [3.8, 4) is 0 Å². The molecule has 0 saturated carbocycles. The van der Waals surface area contributed by atoms with Crippen molar-refractivity contribution in [2.45, 2.75) is 44.9 Å². The summed E-state index contributed by atoms with van der Waals surface area (Å²) in [6, 6.07) is -0.0255. The maximum Gasteiger partial charge on any atom is 0.241 e. The smallest absolute Gasteiger partial charge is 0.241 e. The minimum atomic E-state index is -0.799. The van der Waals surface area contributed by atoms with Crippen LogP contribution in [-0.4, -0.2) is 45.8 Å². The highest BCUT2D eigenvalue weighted by atomic mass is 32.2. The minimum absolute atomic E-state index is 0.0255. The van der Waals surface area contributed by atoms with Gasteiger partial charge in [-0.1, -0.05) is 27.2 Å². The third-order valence-electron chi connectivity index (χ3n) is 3.66. The zero-order valence-corrected chi connectivity index (χ0v) is 12.0. The Hall–Kier alpha value is -0.420. The van der Waals surface area contributed by atoms with E-state index < -0.39 is 10.8 Å². The van der Waals surface area contributed by atoms with E-state index in [1.165, 1.54) is 0 Å². The first kappa shape index (κ1) is 14.6. The number of nitrogens with zero attached hydrogens (tertiary/aromatic N) is 1. The van der Waals surface area contributed by atoms with E-state index in [-0.39, 0.29) is 17.2 Å². The quantitative estimate of drug-likeness (QED) is 0.773. The molecule has 0 aromatic rings. The van der Waals surface area contributed by atoms with E-state index in [0.29, 0.717) is 19.1 Å². The van der Waals surface area contributed by atoms with Gasteiger partial charge >= 0.3 is 0 Å².